The van der Waals surface area contributed by atoms with Gasteiger partial charge in [-0.05, 0) is 36.4 Å². The Morgan fingerprint density at radius 3 is 2.35 bits per heavy atom. The maximum atomic E-state index is 11.3. The zero-order chi connectivity index (χ0) is 12.3. The van der Waals surface area contributed by atoms with Gasteiger partial charge in [-0.1, -0.05) is 35.5 Å². The molecule has 0 aliphatic heterocycles. The van der Waals surface area contributed by atoms with Crippen molar-refractivity contribution in [1.82, 2.24) is 0 Å². The molecule has 0 aliphatic rings. The molecule has 0 heterocycles. The van der Waals surface area contributed by atoms with Crippen molar-refractivity contribution in [3.63, 3.8) is 0 Å². The Morgan fingerprint density at radius 1 is 1.06 bits per heavy atom. The van der Waals surface area contributed by atoms with E-state index in [4.69, 9.17) is 17.3 Å². The van der Waals surface area contributed by atoms with Crippen LogP contribution >= 0.6 is 23.4 Å². The fourth-order valence-electron chi connectivity index (χ4n) is 1.39. The molecule has 0 saturated heterocycles. The molecule has 86 valence electrons. The van der Waals surface area contributed by atoms with Gasteiger partial charge in [-0.2, -0.15) is 0 Å². The van der Waals surface area contributed by atoms with Gasteiger partial charge in [0.1, 0.15) is 0 Å². The number of amides is 1. The summed E-state index contributed by atoms with van der Waals surface area (Å²) in [5, 5.41) is 0.692. The van der Waals surface area contributed by atoms with Crippen molar-refractivity contribution in [3.05, 3.63) is 59.1 Å². The molecular formula is C13H10ClNOS. The highest BCUT2D eigenvalue weighted by Gasteiger charge is 2.08. The predicted octanol–water partition coefficient (Wildman–Crippen LogP) is 3.59. The van der Waals surface area contributed by atoms with E-state index in [1.807, 2.05) is 36.4 Å². The summed E-state index contributed by atoms with van der Waals surface area (Å²) in [5.41, 5.74) is 5.85. The fourth-order valence-corrected chi connectivity index (χ4v) is 2.47. The van der Waals surface area contributed by atoms with Crippen LogP contribution in [0, 0.1) is 0 Å². The van der Waals surface area contributed by atoms with Gasteiger partial charge in [0.15, 0.2) is 0 Å². The van der Waals surface area contributed by atoms with E-state index >= 15 is 0 Å². The van der Waals surface area contributed by atoms with Gasteiger partial charge in [-0.15, -0.1) is 0 Å². The van der Waals surface area contributed by atoms with E-state index in [0.717, 1.165) is 9.79 Å². The van der Waals surface area contributed by atoms with Crippen LogP contribution in [0.5, 0.6) is 0 Å². The number of rotatable bonds is 3. The van der Waals surface area contributed by atoms with E-state index in [0.29, 0.717) is 10.6 Å². The lowest BCUT2D eigenvalue weighted by Gasteiger charge is -2.05. The molecule has 0 fully saturated rings. The third kappa shape index (κ3) is 3.02. The fraction of sp³-hybridized carbons (Fsp3) is 0. The average molecular weight is 264 g/mol. The number of hydrogen-bond donors (Lipinski definition) is 1. The Labute approximate surface area is 109 Å². The molecule has 0 spiro atoms. The Hall–Kier alpha value is -1.45. The SMILES string of the molecule is NC(=O)c1ccccc1Sc1ccc(Cl)cc1. The summed E-state index contributed by atoms with van der Waals surface area (Å²) in [6, 6.07) is 14.7. The summed E-state index contributed by atoms with van der Waals surface area (Å²) < 4.78 is 0. The first-order valence-corrected chi connectivity index (χ1v) is 6.18. The van der Waals surface area contributed by atoms with Crippen molar-refractivity contribution >= 4 is 29.3 Å². The van der Waals surface area contributed by atoms with Crippen LogP contribution in [0.25, 0.3) is 0 Å². The minimum Gasteiger partial charge on any atom is -0.366 e. The summed E-state index contributed by atoms with van der Waals surface area (Å²) in [5.74, 6) is -0.415. The van der Waals surface area contributed by atoms with E-state index in [2.05, 4.69) is 0 Å². The Kier molecular flexibility index (Phi) is 3.71. The normalized spacial score (nSPS) is 10.2. The molecule has 2 nitrogen and oxygen atoms in total. The van der Waals surface area contributed by atoms with Gasteiger partial charge >= 0.3 is 0 Å². The zero-order valence-electron chi connectivity index (χ0n) is 8.89. The molecule has 17 heavy (non-hydrogen) atoms. The highest BCUT2D eigenvalue weighted by atomic mass is 35.5. The quantitative estimate of drug-likeness (QED) is 0.920. The monoisotopic (exact) mass is 263 g/mol. The van der Waals surface area contributed by atoms with E-state index in [1.54, 1.807) is 12.1 Å². The number of primary amides is 1. The lowest BCUT2D eigenvalue weighted by molar-refractivity contribution is 0.0997. The molecule has 2 N–H and O–H groups in total. The van der Waals surface area contributed by atoms with Crippen LogP contribution in [0.4, 0.5) is 0 Å². The van der Waals surface area contributed by atoms with Crippen LogP contribution < -0.4 is 5.73 Å². The van der Waals surface area contributed by atoms with Crippen molar-refractivity contribution in [1.29, 1.82) is 0 Å². The Morgan fingerprint density at radius 2 is 1.71 bits per heavy atom. The molecule has 0 saturated carbocycles. The highest BCUT2D eigenvalue weighted by molar-refractivity contribution is 7.99. The predicted molar refractivity (Wildman–Crippen MR) is 70.5 cm³/mol. The number of nitrogens with two attached hydrogens (primary N) is 1. The summed E-state index contributed by atoms with van der Waals surface area (Å²) in [6.07, 6.45) is 0. The second kappa shape index (κ2) is 5.25. The molecule has 4 heteroatoms. The lowest BCUT2D eigenvalue weighted by Crippen LogP contribution is -2.11. The average Bonchev–Trinajstić information content (AvgIpc) is 2.32. The molecule has 0 atom stereocenters. The van der Waals surface area contributed by atoms with Gasteiger partial charge in [0, 0.05) is 14.8 Å². The van der Waals surface area contributed by atoms with Crippen LogP contribution in [0.1, 0.15) is 10.4 Å². The maximum Gasteiger partial charge on any atom is 0.249 e. The third-order valence-corrected chi connectivity index (χ3v) is 3.53. The van der Waals surface area contributed by atoms with Gasteiger partial charge in [0.2, 0.25) is 5.91 Å². The summed E-state index contributed by atoms with van der Waals surface area (Å²) >= 11 is 7.30. The van der Waals surface area contributed by atoms with Crippen LogP contribution in [0.3, 0.4) is 0 Å². The Balaban J connectivity index is 2.30. The summed E-state index contributed by atoms with van der Waals surface area (Å²) in [6.45, 7) is 0. The van der Waals surface area contributed by atoms with Crippen molar-refractivity contribution in [2.24, 2.45) is 5.73 Å². The first-order valence-electron chi connectivity index (χ1n) is 4.99. The topological polar surface area (TPSA) is 43.1 Å². The molecule has 0 unspecified atom stereocenters. The largest absolute Gasteiger partial charge is 0.366 e. The van der Waals surface area contributed by atoms with Crippen molar-refractivity contribution in [2.45, 2.75) is 9.79 Å². The molecular weight excluding hydrogens is 254 g/mol. The van der Waals surface area contributed by atoms with E-state index in [1.165, 1.54) is 11.8 Å². The van der Waals surface area contributed by atoms with Gasteiger partial charge in [0.25, 0.3) is 0 Å². The maximum absolute atomic E-state index is 11.3. The molecule has 2 rings (SSSR count). The molecule has 0 aliphatic carbocycles. The number of benzene rings is 2. The van der Waals surface area contributed by atoms with Crippen LogP contribution in [0.2, 0.25) is 5.02 Å². The van der Waals surface area contributed by atoms with E-state index < -0.39 is 5.91 Å². The number of carbonyl (C=O) groups is 1. The van der Waals surface area contributed by atoms with Crippen molar-refractivity contribution in [3.8, 4) is 0 Å². The molecule has 0 radical (unpaired) electrons. The number of halogens is 1. The standard InChI is InChI=1S/C13H10ClNOS/c14-9-5-7-10(8-6-9)17-12-4-2-1-3-11(12)13(15)16/h1-8H,(H2,15,16). The van der Waals surface area contributed by atoms with Crippen LogP contribution in [-0.4, -0.2) is 5.91 Å². The first-order chi connectivity index (χ1) is 8.16. The van der Waals surface area contributed by atoms with Crippen molar-refractivity contribution in [2.75, 3.05) is 0 Å². The van der Waals surface area contributed by atoms with Gasteiger partial charge in [0.05, 0.1) is 5.56 Å². The van der Waals surface area contributed by atoms with E-state index in [9.17, 15) is 4.79 Å². The van der Waals surface area contributed by atoms with Gasteiger partial charge < -0.3 is 5.73 Å². The molecule has 2 aromatic carbocycles. The third-order valence-electron chi connectivity index (χ3n) is 2.19. The molecule has 0 aromatic heterocycles. The Bertz CT molecular complexity index is 539. The van der Waals surface area contributed by atoms with Gasteiger partial charge in [-0.3, -0.25) is 4.79 Å². The van der Waals surface area contributed by atoms with E-state index in [-0.39, 0.29) is 0 Å². The van der Waals surface area contributed by atoms with Crippen LogP contribution in [0.15, 0.2) is 58.3 Å². The molecule has 2 aromatic rings. The summed E-state index contributed by atoms with van der Waals surface area (Å²) in [4.78, 5) is 13.1. The summed E-state index contributed by atoms with van der Waals surface area (Å²) in [7, 11) is 0. The zero-order valence-corrected chi connectivity index (χ0v) is 10.5. The van der Waals surface area contributed by atoms with Crippen LogP contribution in [-0.2, 0) is 0 Å². The first kappa shape index (κ1) is 12.0. The molecule has 1 amide bonds. The van der Waals surface area contributed by atoms with Crippen molar-refractivity contribution < 1.29 is 4.79 Å². The second-order valence-electron chi connectivity index (χ2n) is 3.42. The smallest absolute Gasteiger partial charge is 0.249 e. The number of hydrogen-bond acceptors (Lipinski definition) is 2. The number of carbonyl (C=O) groups excluding carboxylic acids is 1. The minimum atomic E-state index is -0.415. The lowest BCUT2D eigenvalue weighted by atomic mass is 10.2. The highest BCUT2D eigenvalue weighted by Crippen LogP contribution is 2.30. The van der Waals surface area contributed by atoms with Gasteiger partial charge in [-0.25, -0.2) is 0 Å². The minimum absolute atomic E-state index is 0.415. The second-order valence-corrected chi connectivity index (χ2v) is 4.97. The molecule has 0 bridgehead atoms.